The van der Waals surface area contributed by atoms with Gasteiger partial charge < -0.3 is 19.3 Å². The molecule has 1 amide bonds. The highest BCUT2D eigenvalue weighted by atomic mass is 35.5. The summed E-state index contributed by atoms with van der Waals surface area (Å²) in [6.45, 7) is 5.30. The van der Waals surface area contributed by atoms with E-state index < -0.39 is 0 Å². The fraction of sp³-hybridized carbons (Fsp3) is 0.400. The second kappa shape index (κ2) is 13.0. The summed E-state index contributed by atoms with van der Waals surface area (Å²) in [4.78, 5) is 16.7. The summed E-state index contributed by atoms with van der Waals surface area (Å²) < 4.78 is 10.7. The maximum absolute atomic E-state index is 12.5. The molecule has 2 aromatic carbocycles. The maximum Gasteiger partial charge on any atom is 0.246 e. The highest BCUT2D eigenvalue weighted by Gasteiger charge is 2.09. The zero-order chi connectivity index (χ0) is 22.6. The largest absolute Gasteiger partial charge is 0.493 e. The van der Waals surface area contributed by atoms with Crippen molar-refractivity contribution in [2.24, 2.45) is 0 Å². The molecule has 31 heavy (non-hydrogen) atoms. The molecule has 0 saturated carbocycles. The van der Waals surface area contributed by atoms with E-state index in [0.29, 0.717) is 11.6 Å². The minimum atomic E-state index is 0.0328. The number of methoxy groups -OCH3 is 2. The summed E-state index contributed by atoms with van der Waals surface area (Å²) in [6.07, 6.45) is 5.32. The lowest BCUT2D eigenvalue weighted by molar-refractivity contribution is -0.125. The number of hydrogen-bond donors (Lipinski definition) is 0. The number of halogens is 1. The van der Waals surface area contributed by atoms with Crippen LogP contribution in [-0.2, 0) is 11.2 Å². The quantitative estimate of drug-likeness (QED) is 0.442. The molecule has 0 heterocycles. The van der Waals surface area contributed by atoms with E-state index in [1.165, 1.54) is 5.56 Å². The van der Waals surface area contributed by atoms with Crippen LogP contribution in [0.1, 0.15) is 24.5 Å². The van der Waals surface area contributed by atoms with Crippen LogP contribution in [0.15, 0.2) is 48.5 Å². The normalized spacial score (nSPS) is 11.2. The van der Waals surface area contributed by atoms with Gasteiger partial charge in [-0.25, -0.2) is 0 Å². The first-order chi connectivity index (χ1) is 15.0. The Labute approximate surface area is 191 Å². The maximum atomic E-state index is 12.5. The third-order valence-corrected chi connectivity index (χ3v) is 5.43. The first kappa shape index (κ1) is 24.8. The zero-order valence-electron chi connectivity index (χ0n) is 18.9. The van der Waals surface area contributed by atoms with Gasteiger partial charge >= 0.3 is 0 Å². The Morgan fingerprint density at radius 3 is 2.35 bits per heavy atom. The number of carbonyl (C=O) groups is 1. The number of benzene rings is 2. The standard InChI is InChI=1S/C25H33ClN2O3/c1-5-28(25(29)14-10-20-7-11-22(26)12-8-20)17-6-16-27(2)18-15-21-9-13-23(30-3)24(19-21)31-4/h7-14,19H,5-6,15-18H2,1-4H3/b14-10+. The fourth-order valence-electron chi connectivity index (χ4n) is 3.27. The monoisotopic (exact) mass is 444 g/mol. The molecule has 0 N–H and O–H groups in total. The van der Waals surface area contributed by atoms with Crippen LogP contribution in [0.2, 0.25) is 5.02 Å². The molecule has 0 bridgehead atoms. The molecule has 2 rings (SSSR count). The third-order valence-electron chi connectivity index (χ3n) is 5.18. The first-order valence-corrected chi connectivity index (χ1v) is 11.0. The SMILES string of the molecule is CCN(CCCN(C)CCc1ccc(OC)c(OC)c1)C(=O)/C=C/c1ccc(Cl)cc1. The molecule has 0 spiro atoms. The molecule has 0 aromatic heterocycles. The Balaban J connectivity index is 1.76. The summed E-state index contributed by atoms with van der Waals surface area (Å²) in [5, 5.41) is 0.689. The highest BCUT2D eigenvalue weighted by molar-refractivity contribution is 6.30. The summed E-state index contributed by atoms with van der Waals surface area (Å²) in [7, 11) is 5.40. The van der Waals surface area contributed by atoms with Crippen molar-refractivity contribution < 1.29 is 14.3 Å². The molecule has 0 fully saturated rings. The van der Waals surface area contributed by atoms with Crippen LogP contribution >= 0.6 is 11.6 Å². The molecule has 5 nitrogen and oxygen atoms in total. The predicted molar refractivity (Wildman–Crippen MR) is 128 cm³/mol. The Morgan fingerprint density at radius 2 is 1.71 bits per heavy atom. The molecular formula is C25H33ClN2O3. The van der Waals surface area contributed by atoms with Gasteiger partial charge in [-0.05, 0) is 74.8 Å². The van der Waals surface area contributed by atoms with Crippen LogP contribution in [0.3, 0.4) is 0 Å². The van der Waals surface area contributed by atoms with Gasteiger partial charge in [-0.2, -0.15) is 0 Å². The number of hydrogen-bond acceptors (Lipinski definition) is 4. The Hall–Kier alpha value is -2.50. The Morgan fingerprint density at radius 1 is 1.00 bits per heavy atom. The van der Waals surface area contributed by atoms with Gasteiger partial charge in [0.2, 0.25) is 5.91 Å². The van der Waals surface area contributed by atoms with Crippen LogP contribution in [0.4, 0.5) is 0 Å². The van der Waals surface area contributed by atoms with Gasteiger partial charge in [0.1, 0.15) is 0 Å². The summed E-state index contributed by atoms with van der Waals surface area (Å²) in [5.41, 5.74) is 2.17. The van der Waals surface area contributed by atoms with Gasteiger partial charge in [-0.15, -0.1) is 0 Å². The molecule has 0 atom stereocenters. The van der Waals surface area contributed by atoms with Crippen molar-refractivity contribution in [3.8, 4) is 11.5 Å². The van der Waals surface area contributed by atoms with Crippen LogP contribution in [0.25, 0.3) is 6.08 Å². The van der Waals surface area contributed by atoms with Crippen LogP contribution in [0, 0.1) is 0 Å². The number of amides is 1. The zero-order valence-corrected chi connectivity index (χ0v) is 19.7. The van der Waals surface area contributed by atoms with E-state index in [-0.39, 0.29) is 5.91 Å². The van der Waals surface area contributed by atoms with Gasteiger partial charge in [0, 0.05) is 30.7 Å². The summed E-state index contributed by atoms with van der Waals surface area (Å²) >= 11 is 5.90. The number of carbonyl (C=O) groups excluding carboxylic acids is 1. The molecule has 0 radical (unpaired) electrons. The molecule has 0 aliphatic rings. The van der Waals surface area contributed by atoms with E-state index in [9.17, 15) is 4.79 Å². The Bertz CT molecular complexity index is 852. The molecule has 2 aromatic rings. The lowest BCUT2D eigenvalue weighted by atomic mass is 10.1. The number of ether oxygens (including phenoxy) is 2. The predicted octanol–water partition coefficient (Wildman–Crippen LogP) is 4.78. The van der Waals surface area contributed by atoms with Gasteiger partial charge in [0.15, 0.2) is 11.5 Å². The molecule has 0 unspecified atom stereocenters. The lowest BCUT2D eigenvalue weighted by Gasteiger charge is -2.22. The molecular weight excluding hydrogens is 412 g/mol. The van der Waals surface area contributed by atoms with Crippen molar-refractivity contribution in [1.29, 1.82) is 0 Å². The van der Waals surface area contributed by atoms with E-state index in [1.54, 1.807) is 20.3 Å². The van der Waals surface area contributed by atoms with E-state index in [0.717, 1.165) is 49.5 Å². The van der Waals surface area contributed by atoms with E-state index in [1.807, 2.05) is 54.3 Å². The molecule has 168 valence electrons. The van der Waals surface area contributed by atoms with Crippen molar-refractivity contribution in [2.45, 2.75) is 19.8 Å². The third kappa shape index (κ3) is 8.27. The van der Waals surface area contributed by atoms with Crippen LogP contribution in [0.5, 0.6) is 11.5 Å². The van der Waals surface area contributed by atoms with Crippen molar-refractivity contribution >= 4 is 23.6 Å². The molecule has 0 aliphatic heterocycles. The molecule has 0 saturated heterocycles. The highest BCUT2D eigenvalue weighted by Crippen LogP contribution is 2.27. The number of likely N-dealkylation sites (N-methyl/N-ethyl adjacent to an activating group) is 2. The average Bonchev–Trinajstić information content (AvgIpc) is 2.79. The fourth-order valence-corrected chi connectivity index (χ4v) is 3.40. The van der Waals surface area contributed by atoms with Crippen molar-refractivity contribution in [2.75, 3.05) is 47.4 Å². The number of nitrogens with zero attached hydrogens (tertiary/aromatic N) is 2. The van der Waals surface area contributed by atoms with Gasteiger partial charge in [0.05, 0.1) is 14.2 Å². The Kier molecular flexibility index (Phi) is 10.4. The number of rotatable bonds is 12. The first-order valence-electron chi connectivity index (χ1n) is 10.6. The smallest absolute Gasteiger partial charge is 0.246 e. The van der Waals surface area contributed by atoms with Crippen molar-refractivity contribution in [1.82, 2.24) is 9.80 Å². The minimum absolute atomic E-state index is 0.0328. The van der Waals surface area contributed by atoms with Gasteiger partial charge in [-0.1, -0.05) is 29.8 Å². The lowest BCUT2D eigenvalue weighted by Crippen LogP contribution is -2.32. The second-order valence-corrected chi connectivity index (χ2v) is 7.84. The van der Waals surface area contributed by atoms with E-state index >= 15 is 0 Å². The molecule has 0 aliphatic carbocycles. The van der Waals surface area contributed by atoms with E-state index in [2.05, 4.69) is 18.0 Å². The molecule has 6 heteroatoms. The van der Waals surface area contributed by atoms with Crippen LogP contribution < -0.4 is 9.47 Å². The topological polar surface area (TPSA) is 42.0 Å². The summed E-state index contributed by atoms with van der Waals surface area (Å²) in [6, 6.07) is 13.5. The van der Waals surface area contributed by atoms with Crippen LogP contribution in [-0.4, -0.2) is 63.2 Å². The average molecular weight is 445 g/mol. The van der Waals surface area contributed by atoms with Gasteiger partial charge in [0.25, 0.3) is 0 Å². The second-order valence-electron chi connectivity index (χ2n) is 7.40. The van der Waals surface area contributed by atoms with Crippen molar-refractivity contribution in [3.63, 3.8) is 0 Å². The van der Waals surface area contributed by atoms with Gasteiger partial charge in [-0.3, -0.25) is 4.79 Å². The minimum Gasteiger partial charge on any atom is -0.493 e. The van der Waals surface area contributed by atoms with E-state index in [4.69, 9.17) is 21.1 Å². The van der Waals surface area contributed by atoms with Crippen molar-refractivity contribution in [3.05, 3.63) is 64.7 Å². The summed E-state index contributed by atoms with van der Waals surface area (Å²) in [5.74, 6) is 1.53.